The van der Waals surface area contributed by atoms with Gasteiger partial charge in [0.25, 0.3) is 0 Å². The van der Waals surface area contributed by atoms with Crippen LogP contribution in [0, 0.1) is 39.9 Å². The first-order valence-electron chi connectivity index (χ1n) is 8.62. The highest BCUT2D eigenvalue weighted by Crippen LogP contribution is 2.63. The van der Waals surface area contributed by atoms with E-state index in [4.69, 9.17) is 5.41 Å². The van der Waals surface area contributed by atoms with Crippen LogP contribution in [0.4, 0.5) is 8.78 Å². The molecule has 1 N–H and O–H groups in total. The van der Waals surface area contributed by atoms with Crippen LogP contribution in [0.15, 0.2) is 23.8 Å². The summed E-state index contributed by atoms with van der Waals surface area (Å²) in [5, 5.41) is 7.96. The van der Waals surface area contributed by atoms with Crippen LogP contribution in [-0.4, -0.2) is 17.3 Å². The summed E-state index contributed by atoms with van der Waals surface area (Å²) in [6.07, 6.45) is 5.46. The number of carbonyl (C=O) groups excluding carboxylic acids is 2. The van der Waals surface area contributed by atoms with Crippen molar-refractivity contribution in [3.63, 3.8) is 0 Å². The maximum atomic E-state index is 14.9. The van der Waals surface area contributed by atoms with Gasteiger partial charge in [0.05, 0.1) is 11.6 Å². The summed E-state index contributed by atoms with van der Waals surface area (Å²) in [4.78, 5) is 24.1. The number of nitrogens with one attached hydrogen (secondary N) is 1. The largest absolute Gasteiger partial charge is 0.300 e. The third-order valence-corrected chi connectivity index (χ3v) is 7.28. The Morgan fingerprint density at radius 2 is 1.88 bits per heavy atom. The zero-order chi connectivity index (χ0) is 17.4. The van der Waals surface area contributed by atoms with E-state index in [-0.39, 0.29) is 23.5 Å². The van der Waals surface area contributed by atoms with E-state index < -0.39 is 39.9 Å². The van der Waals surface area contributed by atoms with Crippen molar-refractivity contribution < 1.29 is 18.4 Å². The second-order valence-electron chi connectivity index (χ2n) is 8.29. The first-order chi connectivity index (χ1) is 11.2. The minimum atomic E-state index is -1.00. The summed E-state index contributed by atoms with van der Waals surface area (Å²) < 4.78 is 29.0. The van der Waals surface area contributed by atoms with Crippen molar-refractivity contribution in [3.8, 4) is 0 Å². The van der Waals surface area contributed by atoms with Gasteiger partial charge in [0.1, 0.15) is 11.6 Å². The van der Waals surface area contributed by atoms with Crippen molar-refractivity contribution in [1.29, 1.82) is 5.41 Å². The van der Waals surface area contributed by atoms with Crippen molar-refractivity contribution in [2.45, 2.75) is 39.5 Å². The molecule has 0 radical (unpaired) electrons. The highest BCUT2D eigenvalue weighted by molar-refractivity contribution is 6.46. The number of halogens is 2. The smallest absolute Gasteiger partial charge is 0.235 e. The quantitative estimate of drug-likeness (QED) is 0.730. The number of rotatable bonds is 0. The lowest BCUT2D eigenvalue weighted by molar-refractivity contribution is -0.130. The van der Waals surface area contributed by atoms with Crippen molar-refractivity contribution in [2.24, 2.45) is 34.5 Å². The number of allylic oxidation sites excluding steroid dienone is 4. The van der Waals surface area contributed by atoms with Crippen LogP contribution < -0.4 is 0 Å². The normalized spacial score (nSPS) is 47.6. The number of hydrogen-bond donors (Lipinski definition) is 1. The number of ketones is 2. The molecule has 128 valence electrons. The van der Waals surface area contributed by atoms with Gasteiger partial charge in [0.15, 0.2) is 5.83 Å². The van der Waals surface area contributed by atoms with Crippen LogP contribution in [0.25, 0.3) is 0 Å². The van der Waals surface area contributed by atoms with Crippen LogP contribution >= 0.6 is 0 Å². The molecule has 0 heterocycles. The summed E-state index contributed by atoms with van der Waals surface area (Å²) in [6.45, 7) is 3.74. The van der Waals surface area contributed by atoms with Gasteiger partial charge in [0.2, 0.25) is 5.78 Å². The monoisotopic (exact) mass is 333 g/mol. The summed E-state index contributed by atoms with van der Waals surface area (Å²) in [7, 11) is 0. The molecular weight excluding hydrogens is 312 g/mol. The zero-order valence-electron chi connectivity index (χ0n) is 13.9. The van der Waals surface area contributed by atoms with Crippen molar-refractivity contribution in [3.05, 3.63) is 23.8 Å². The van der Waals surface area contributed by atoms with Gasteiger partial charge in [-0.25, -0.2) is 8.78 Å². The Balaban J connectivity index is 1.85. The van der Waals surface area contributed by atoms with Crippen LogP contribution in [-0.2, 0) is 9.59 Å². The van der Waals surface area contributed by atoms with E-state index in [1.54, 1.807) is 6.92 Å². The molecule has 3 nitrogen and oxygen atoms in total. The molecule has 4 aliphatic rings. The number of fused-ring (bicyclic) bond motifs is 5. The van der Waals surface area contributed by atoms with E-state index in [0.717, 1.165) is 6.42 Å². The minimum absolute atomic E-state index is 0.0508. The summed E-state index contributed by atoms with van der Waals surface area (Å²) in [6, 6.07) is 0. The molecule has 0 aromatic carbocycles. The van der Waals surface area contributed by atoms with E-state index in [2.05, 4.69) is 0 Å². The minimum Gasteiger partial charge on any atom is -0.300 e. The molecule has 4 aliphatic carbocycles. The zero-order valence-corrected chi connectivity index (χ0v) is 13.9. The van der Waals surface area contributed by atoms with Crippen LogP contribution in [0.2, 0.25) is 0 Å². The van der Waals surface area contributed by atoms with Crippen molar-refractivity contribution >= 4 is 17.3 Å². The standard InChI is InChI=1S/C19H21F2NO2/c1-18-6-5-11-9(10(18)3-4-14(18)23)7-12(20)15-16(22)17(24)13(21)8-19(11,15)2/h7-11,15,22H,3-6H2,1-2H3/t9-,10-,11-,15?,18-,19+/m0/s1. The van der Waals surface area contributed by atoms with Crippen LogP contribution in [0.1, 0.15) is 39.5 Å². The highest BCUT2D eigenvalue weighted by atomic mass is 19.1. The fourth-order valence-electron chi connectivity index (χ4n) is 5.95. The van der Waals surface area contributed by atoms with E-state index in [1.807, 2.05) is 6.92 Å². The third-order valence-electron chi connectivity index (χ3n) is 7.28. The maximum Gasteiger partial charge on any atom is 0.235 e. The average molecular weight is 333 g/mol. The fourth-order valence-corrected chi connectivity index (χ4v) is 5.95. The Hall–Kier alpha value is -1.65. The fraction of sp³-hybridized carbons (Fsp3) is 0.632. The highest BCUT2D eigenvalue weighted by Gasteiger charge is 2.61. The molecule has 0 saturated heterocycles. The molecule has 5 heteroatoms. The lowest BCUT2D eigenvalue weighted by Crippen LogP contribution is -2.54. The third kappa shape index (κ3) is 1.73. The Labute approximate surface area is 139 Å². The molecule has 1 unspecified atom stereocenters. The molecular formula is C19H21F2NO2. The molecule has 0 aliphatic heterocycles. The predicted molar refractivity (Wildman–Crippen MR) is 84.8 cm³/mol. The van der Waals surface area contributed by atoms with Crippen molar-refractivity contribution in [2.75, 3.05) is 0 Å². The molecule has 24 heavy (non-hydrogen) atoms. The molecule has 2 fully saturated rings. The molecule has 0 aromatic rings. The van der Waals surface area contributed by atoms with Crippen LogP contribution in [0.5, 0.6) is 0 Å². The molecule has 0 amide bonds. The van der Waals surface area contributed by atoms with Gasteiger partial charge in [0, 0.05) is 17.3 Å². The Kier molecular flexibility index (Phi) is 3.11. The number of hydrogen-bond acceptors (Lipinski definition) is 3. The lowest BCUT2D eigenvalue weighted by atomic mass is 9.48. The van der Waals surface area contributed by atoms with Gasteiger partial charge in [-0.1, -0.05) is 13.8 Å². The Morgan fingerprint density at radius 3 is 2.58 bits per heavy atom. The average Bonchev–Trinajstić information content (AvgIpc) is 2.80. The molecule has 2 saturated carbocycles. The van der Waals surface area contributed by atoms with Gasteiger partial charge < -0.3 is 5.41 Å². The van der Waals surface area contributed by atoms with E-state index in [1.165, 1.54) is 12.2 Å². The first kappa shape index (κ1) is 15.9. The van der Waals surface area contributed by atoms with E-state index in [0.29, 0.717) is 19.3 Å². The SMILES string of the molecule is C[C@]12C=C(F)C(=O)C(=N)C1C(F)=C[C@@H]1[C@@H]2CC[C@]2(C)C(=O)CC[C@@H]12. The molecule has 0 bridgehead atoms. The van der Waals surface area contributed by atoms with Crippen LogP contribution in [0.3, 0.4) is 0 Å². The van der Waals surface area contributed by atoms with Gasteiger partial charge >= 0.3 is 0 Å². The van der Waals surface area contributed by atoms with E-state index >= 15 is 0 Å². The van der Waals surface area contributed by atoms with Crippen molar-refractivity contribution in [1.82, 2.24) is 0 Å². The summed E-state index contributed by atoms with van der Waals surface area (Å²) in [5.74, 6) is -3.32. The Morgan fingerprint density at radius 1 is 1.17 bits per heavy atom. The molecule has 4 rings (SSSR count). The second-order valence-corrected chi connectivity index (χ2v) is 8.29. The molecule has 0 spiro atoms. The lowest BCUT2D eigenvalue weighted by Gasteiger charge is -2.55. The maximum absolute atomic E-state index is 14.9. The number of carbonyl (C=O) groups is 2. The van der Waals surface area contributed by atoms with Gasteiger partial charge in [-0.05, 0) is 49.2 Å². The first-order valence-corrected chi connectivity index (χ1v) is 8.62. The summed E-state index contributed by atoms with van der Waals surface area (Å²) in [5.41, 5.74) is -1.81. The van der Waals surface area contributed by atoms with E-state index in [9.17, 15) is 18.4 Å². The topological polar surface area (TPSA) is 58.0 Å². The van der Waals surface area contributed by atoms with Gasteiger partial charge in [-0.2, -0.15) is 0 Å². The van der Waals surface area contributed by atoms with Gasteiger partial charge in [-0.3, -0.25) is 9.59 Å². The molecule has 0 aromatic heterocycles. The predicted octanol–water partition coefficient (Wildman–Crippen LogP) is 3.94. The summed E-state index contributed by atoms with van der Waals surface area (Å²) >= 11 is 0. The Bertz CT molecular complexity index is 740. The van der Waals surface area contributed by atoms with Gasteiger partial charge in [-0.15, -0.1) is 0 Å². The second kappa shape index (κ2) is 4.70. The molecule has 6 atom stereocenters. The number of Topliss-reactive ketones (excluding diaryl/α,β-unsaturated/α-hetero) is 2.